The Hall–Kier alpha value is -2.03. The van der Waals surface area contributed by atoms with Crippen LogP contribution in [0, 0.1) is 12.8 Å². The van der Waals surface area contributed by atoms with Crippen molar-refractivity contribution in [3.8, 4) is 0 Å². The molecule has 0 bridgehead atoms. The van der Waals surface area contributed by atoms with E-state index in [2.05, 4.69) is 24.3 Å². The lowest BCUT2D eigenvalue weighted by Crippen LogP contribution is -2.29. The molecular weight excluding hydrogens is 250 g/mol. The molecule has 2 heterocycles. The van der Waals surface area contributed by atoms with Crippen LogP contribution in [0.15, 0.2) is 47.1 Å². The number of amides is 1. The highest BCUT2D eigenvalue weighted by atomic mass is 16.3. The number of likely N-dealkylation sites (tertiary alicyclic amines) is 1. The minimum atomic E-state index is 0.104. The van der Waals surface area contributed by atoms with Crippen LogP contribution in [0.1, 0.15) is 28.1 Å². The van der Waals surface area contributed by atoms with Gasteiger partial charge in [0.25, 0.3) is 5.91 Å². The lowest BCUT2D eigenvalue weighted by molar-refractivity contribution is 0.0785. The van der Waals surface area contributed by atoms with Gasteiger partial charge in [0, 0.05) is 13.1 Å². The van der Waals surface area contributed by atoms with Gasteiger partial charge >= 0.3 is 0 Å². The average Bonchev–Trinajstić information content (AvgIpc) is 3.08. The summed E-state index contributed by atoms with van der Waals surface area (Å²) in [4.78, 5) is 14.3. The van der Waals surface area contributed by atoms with Crippen molar-refractivity contribution in [2.24, 2.45) is 5.92 Å². The Labute approximate surface area is 119 Å². The van der Waals surface area contributed by atoms with E-state index in [-0.39, 0.29) is 5.91 Å². The molecule has 0 N–H and O–H groups in total. The topological polar surface area (TPSA) is 33.5 Å². The van der Waals surface area contributed by atoms with Gasteiger partial charge in [-0.15, -0.1) is 0 Å². The summed E-state index contributed by atoms with van der Waals surface area (Å²) in [5.41, 5.74) is 2.05. The van der Waals surface area contributed by atoms with Gasteiger partial charge in [-0.25, -0.2) is 0 Å². The lowest BCUT2D eigenvalue weighted by Gasteiger charge is -2.16. The van der Waals surface area contributed by atoms with Gasteiger partial charge in [0.05, 0.1) is 11.8 Å². The monoisotopic (exact) mass is 269 g/mol. The summed E-state index contributed by atoms with van der Waals surface area (Å²) in [6.07, 6.45) is 3.71. The second-order valence-corrected chi connectivity index (χ2v) is 5.49. The summed E-state index contributed by atoms with van der Waals surface area (Å²) < 4.78 is 5.22. The number of hydrogen-bond donors (Lipinski definition) is 0. The molecule has 3 nitrogen and oxygen atoms in total. The zero-order valence-electron chi connectivity index (χ0n) is 11.7. The van der Waals surface area contributed by atoms with E-state index < -0.39 is 0 Å². The maximum Gasteiger partial charge on any atom is 0.257 e. The van der Waals surface area contributed by atoms with Gasteiger partial charge < -0.3 is 9.32 Å². The minimum absolute atomic E-state index is 0.104. The number of rotatable bonds is 3. The van der Waals surface area contributed by atoms with Crippen molar-refractivity contribution in [1.29, 1.82) is 0 Å². The predicted molar refractivity (Wildman–Crippen MR) is 77.6 cm³/mol. The van der Waals surface area contributed by atoms with Crippen LogP contribution in [0.3, 0.4) is 0 Å². The number of carbonyl (C=O) groups excluding carboxylic acids is 1. The van der Waals surface area contributed by atoms with Crippen molar-refractivity contribution < 1.29 is 9.21 Å². The molecule has 1 aromatic carbocycles. The molecule has 1 amide bonds. The second kappa shape index (κ2) is 5.53. The molecule has 1 aromatic heterocycles. The number of nitrogens with zero attached hydrogens (tertiary/aromatic N) is 1. The van der Waals surface area contributed by atoms with Crippen LogP contribution in [0.2, 0.25) is 0 Å². The first-order chi connectivity index (χ1) is 9.74. The van der Waals surface area contributed by atoms with Crippen LogP contribution in [0.25, 0.3) is 0 Å². The molecule has 104 valence electrons. The molecule has 1 atom stereocenters. The SMILES string of the molecule is Cc1occc1C(=O)N1CCC(Cc2ccccc2)C1. The molecule has 1 aliphatic heterocycles. The highest BCUT2D eigenvalue weighted by Gasteiger charge is 2.28. The smallest absolute Gasteiger partial charge is 0.257 e. The third kappa shape index (κ3) is 2.62. The van der Waals surface area contributed by atoms with E-state index in [1.807, 2.05) is 17.9 Å². The Morgan fingerprint density at radius 2 is 2.10 bits per heavy atom. The summed E-state index contributed by atoms with van der Waals surface area (Å²) in [6.45, 7) is 3.53. The molecule has 0 saturated carbocycles. The maximum atomic E-state index is 12.4. The summed E-state index contributed by atoms with van der Waals surface area (Å²) in [5.74, 6) is 1.38. The predicted octanol–water partition coefficient (Wildman–Crippen LogP) is 3.29. The third-order valence-electron chi connectivity index (χ3n) is 4.03. The molecule has 3 heteroatoms. The quantitative estimate of drug-likeness (QED) is 0.856. The molecule has 1 unspecified atom stereocenters. The van der Waals surface area contributed by atoms with Gasteiger partial charge in [-0.3, -0.25) is 4.79 Å². The van der Waals surface area contributed by atoms with Crippen LogP contribution in [0.5, 0.6) is 0 Å². The first-order valence-corrected chi connectivity index (χ1v) is 7.11. The van der Waals surface area contributed by atoms with Gasteiger partial charge in [0.2, 0.25) is 0 Å². The van der Waals surface area contributed by atoms with Crippen molar-refractivity contribution >= 4 is 5.91 Å². The Morgan fingerprint density at radius 1 is 1.30 bits per heavy atom. The fraction of sp³-hybridized carbons (Fsp3) is 0.353. The number of benzene rings is 1. The van der Waals surface area contributed by atoms with Crippen molar-refractivity contribution in [2.45, 2.75) is 19.8 Å². The summed E-state index contributed by atoms with van der Waals surface area (Å²) in [7, 11) is 0. The minimum Gasteiger partial charge on any atom is -0.469 e. The Bertz CT molecular complexity index is 588. The highest BCUT2D eigenvalue weighted by molar-refractivity contribution is 5.95. The van der Waals surface area contributed by atoms with Gasteiger partial charge in [-0.05, 0) is 37.3 Å². The van der Waals surface area contributed by atoms with Crippen LogP contribution >= 0.6 is 0 Å². The van der Waals surface area contributed by atoms with Crippen LogP contribution in [-0.4, -0.2) is 23.9 Å². The summed E-state index contributed by atoms with van der Waals surface area (Å²) >= 11 is 0. The van der Waals surface area contributed by atoms with Crippen LogP contribution in [-0.2, 0) is 6.42 Å². The molecule has 3 rings (SSSR count). The third-order valence-corrected chi connectivity index (χ3v) is 4.03. The zero-order chi connectivity index (χ0) is 13.9. The highest BCUT2D eigenvalue weighted by Crippen LogP contribution is 2.23. The van der Waals surface area contributed by atoms with Gasteiger partial charge in [-0.2, -0.15) is 0 Å². The van der Waals surface area contributed by atoms with E-state index in [9.17, 15) is 4.79 Å². The first-order valence-electron chi connectivity index (χ1n) is 7.11. The Balaban J connectivity index is 1.62. The molecule has 0 aliphatic carbocycles. The van der Waals surface area contributed by atoms with E-state index in [0.29, 0.717) is 17.2 Å². The molecule has 0 spiro atoms. The van der Waals surface area contributed by atoms with Gasteiger partial charge in [-0.1, -0.05) is 30.3 Å². The lowest BCUT2D eigenvalue weighted by atomic mass is 9.99. The molecule has 1 saturated heterocycles. The number of aryl methyl sites for hydroxylation is 1. The molecule has 1 fully saturated rings. The number of hydrogen-bond acceptors (Lipinski definition) is 2. The van der Waals surface area contributed by atoms with E-state index >= 15 is 0 Å². The molecule has 20 heavy (non-hydrogen) atoms. The van der Waals surface area contributed by atoms with Crippen LogP contribution < -0.4 is 0 Å². The van der Waals surface area contributed by atoms with Crippen LogP contribution in [0.4, 0.5) is 0 Å². The van der Waals surface area contributed by atoms with E-state index in [4.69, 9.17) is 4.42 Å². The standard InChI is InChI=1S/C17H19NO2/c1-13-16(8-10-20-13)17(19)18-9-7-15(12-18)11-14-5-3-2-4-6-14/h2-6,8,10,15H,7,9,11-12H2,1H3. The average molecular weight is 269 g/mol. The zero-order valence-corrected chi connectivity index (χ0v) is 11.7. The van der Waals surface area contributed by atoms with E-state index in [0.717, 1.165) is 25.9 Å². The Kier molecular flexibility index (Phi) is 3.59. The number of carbonyl (C=O) groups is 1. The fourth-order valence-corrected chi connectivity index (χ4v) is 2.91. The maximum absolute atomic E-state index is 12.4. The molecule has 0 radical (unpaired) electrons. The van der Waals surface area contributed by atoms with Gasteiger partial charge in [0.15, 0.2) is 0 Å². The number of furan rings is 1. The van der Waals surface area contributed by atoms with Crippen molar-refractivity contribution in [3.63, 3.8) is 0 Å². The normalized spacial score (nSPS) is 18.4. The molecular formula is C17H19NO2. The second-order valence-electron chi connectivity index (χ2n) is 5.49. The largest absolute Gasteiger partial charge is 0.469 e. The first kappa shape index (κ1) is 13.0. The molecule has 2 aromatic rings. The molecule has 1 aliphatic rings. The van der Waals surface area contributed by atoms with E-state index in [1.165, 1.54) is 5.56 Å². The van der Waals surface area contributed by atoms with Crippen molar-refractivity contribution in [2.75, 3.05) is 13.1 Å². The summed E-state index contributed by atoms with van der Waals surface area (Å²) in [5, 5.41) is 0. The summed E-state index contributed by atoms with van der Waals surface area (Å²) in [6, 6.07) is 12.3. The fourth-order valence-electron chi connectivity index (χ4n) is 2.91. The Morgan fingerprint density at radius 3 is 2.80 bits per heavy atom. The van der Waals surface area contributed by atoms with Crippen molar-refractivity contribution in [1.82, 2.24) is 4.90 Å². The van der Waals surface area contributed by atoms with Crippen molar-refractivity contribution in [3.05, 3.63) is 59.5 Å². The van der Waals surface area contributed by atoms with Gasteiger partial charge in [0.1, 0.15) is 5.76 Å². The van der Waals surface area contributed by atoms with E-state index in [1.54, 1.807) is 12.3 Å².